The molecule has 0 aliphatic heterocycles. The van der Waals surface area contributed by atoms with Crippen molar-refractivity contribution in [2.24, 2.45) is 0 Å². The van der Waals surface area contributed by atoms with Gasteiger partial charge >= 0.3 is 0 Å². The summed E-state index contributed by atoms with van der Waals surface area (Å²) in [6.45, 7) is 0. The third-order valence-corrected chi connectivity index (χ3v) is 10.8. The predicted molar refractivity (Wildman–Crippen MR) is 214 cm³/mol. The maximum absolute atomic E-state index is 4.85. The number of hydrogen-bond acceptors (Lipinski definition) is 1. The van der Waals surface area contributed by atoms with E-state index in [1.54, 1.807) is 0 Å². The van der Waals surface area contributed by atoms with Crippen LogP contribution in [-0.4, -0.2) is 9.55 Å². The van der Waals surface area contributed by atoms with E-state index in [0.717, 1.165) is 22.2 Å². The van der Waals surface area contributed by atoms with Gasteiger partial charge in [0, 0.05) is 22.7 Å². The zero-order valence-electron chi connectivity index (χ0n) is 27.7. The Hall–Kier alpha value is -6.77. The minimum atomic E-state index is 0.973. The third kappa shape index (κ3) is 4.02. The topological polar surface area (TPSA) is 17.8 Å². The van der Waals surface area contributed by atoms with Gasteiger partial charge in [-0.3, -0.25) is 4.57 Å². The molecular weight excluding hydrogens is 617 g/mol. The monoisotopic (exact) mass is 646 g/mol. The Kier molecular flexibility index (Phi) is 5.99. The van der Waals surface area contributed by atoms with Crippen LogP contribution in [0.25, 0.3) is 105 Å². The van der Waals surface area contributed by atoms with Crippen LogP contribution in [0.3, 0.4) is 0 Å². The van der Waals surface area contributed by atoms with Crippen LogP contribution in [0.5, 0.6) is 0 Å². The first kappa shape index (κ1) is 28.1. The van der Waals surface area contributed by atoms with Gasteiger partial charge in [-0.05, 0) is 114 Å². The lowest BCUT2D eigenvalue weighted by Crippen LogP contribution is -1.94. The van der Waals surface area contributed by atoms with E-state index in [1.165, 1.54) is 82.6 Å². The van der Waals surface area contributed by atoms with E-state index in [1.807, 2.05) is 12.3 Å². The van der Waals surface area contributed by atoms with Crippen molar-refractivity contribution in [2.75, 3.05) is 0 Å². The molecule has 0 saturated heterocycles. The molecule has 0 fully saturated rings. The maximum Gasteiger partial charge on any atom is 0.145 e. The van der Waals surface area contributed by atoms with Crippen LogP contribution in [-0.2, 0) is 0 Å². The summed E-state index contributed by atoms with van der Waals surface area (Å²) in [6, 6.07) is 64.1. The largest absolute Gasteiger partial charge is 0.294 e. The number of benzene rings is 8. The third-order valence-electron chi connectivity index (χ3n) is 10.8. The van der Waals surface area contributed by atoms with Crippen molar-refractivity contribution in [3.8, 4) is 61.3 Å². The van der Waals surface area contributed by atoms with Crippen LogP contribution in [0.15, 0.2) is 182 Å². The van der Waals surface area contributed by atoms with E-state index < -0.39 is 0 Å². The highest BCUT2D eigenvalue weighted by molar-refractivity contribution is 6.29. The van der Waals surface area contributed by atoms with Gasteiger partial charge in [-0.25, -0.2) is 4.98 Å². The molecule has 0 atom stereocenters. The lowest BCUT2D eigenvalue weighted by Gasteiger charge is -2.20. The summed E-state index contributed by atoms with van der Waals surface area (Å²) in [6.07, 6.45) is 1.89. The van der Waals surface area contributed by atoms with Gasteiger partial charge in [-0.2, -0.15) is 0 Å². The standard InChI is InChI=1S/C49H30N2/c1-4-14-31(15-5-1)44-37-20-10-11-21-38(37)45(32-16-6-2-7-17-32)48-41-27-26-35(36-22-12-23-40(46(36)41)47(44)48)33-25-28-43-42(30-33)39-24-13-29-50-49(39)51(43)34-18-8-3-9-19-34/h1-30H. The molecule has 8 aromatic carbocycles. The smallest absolute Gasteiger partial charge is 0.145 e. The van der Waals surface area contributed by atoms with Gasteiger partial charge in [0.1, 0.15) is 5.65 Å². The van der Waals surface area contributed by atoms with Gasteiger partial charge < -0.3 is 0 Å². The van der Waals surface area contributed by atoms with Crippen molar-refractivity contribution < 1.29 is 0 Å². The van der Waals surface area contributed by atoms with Gasteiger partial charge in [0.15, 0.2) is 0 Å². The van der Waals surface area contributed by atoms with Gasteiger partial charge in [-0.1, -0.05) is 140 Å². The molecular formula is C49H30N2. The first-order chi connectivity index (χ1) is 25.3. The summed E-state index contributed by atoms with van der Waals surface area (Å²) in [5.74, 6) is 0. The molecule has 0 bridgehead atoms. The molecule has 0 spiro atoms. The molecule has 1 aliphatic rings. The fourth-order valence-corrected chi connectivity index (χ4v) is 8.71. The summed E-state index contributed by atoms with van der Waals surface area (Å²) in [5.41, 5.74) is 16.0. The van der Waals surface area contributed by atoms with Crippen LogP contribution >= 0.6 is 0 Å². The Morgan fingerprint density at radius 3 is 1.61 bits per heavy atom. The van der Waals surface area contributed by atoms with Crippen LogP contribution in [0.2, 0.25) is 0 Å². The lowest BCUT2D eigenvalue weighted by molar-refractivity contribution is 1.14. The highest BCUT2D eigenvalue weighted by Crippen LogP contribution is 2.58. The summed E-state index contributed by atoms with van der Waals surface area (Å²) < 4.78 is 2.28. The molecule has 0 N–H and O–H groups in total. The van der Waals surface area contributed by atoms with Crippen molar-refractivity contribution in [2.45, 2.75) is 0 Å². The van der Waals surface area contributed by atoms with E-state index in [-0.39, 0.29) is 0 Å². The van der Waals surface area contributed by atoms with Crippen LogP contribution in [0.4, 0.5) is 0 Å². The average Bonchev–Trinajstić information content (AvgIpc) is 3.71. The zero-order chi connectivity index (χ0) is 33.5. The minimum absolute atomic E-state index is 0.973. The van der Waals surface area contributed by atoms with Crippen molar-refractivity contribution >= 4 is 43.5 Å². The molecule has 0 unspecified atom stereocenters. The number of rotatable bonds is 4. The molecule has 0 saturated carbocycles. The van der Waals surface area contributed by atoms with Crippen molar-refractivity contribution in [1.82, 2.24) is 9.55 Å². The number of fused-ring (bicyclic) bond motifs is 7. The van der Waals surface area contributed by atoms with Crippen LogP contribution < -0.4 is 0 Å². The first-order valence-electron chi connectivity index (χ1n) is 17.6. The normalized spacial score (nSPS) is 11.9. The van der Waals surface area contributed by atoms with Gasteiger partial charge in [-0.15, -0.1) is 0 Å². The second-order valence-corrected chi connectivity index (χ2v) is 13.4. The van der Waals surface area contributed by atoms with Crippen LogP contribution in [0, 0.1) is 0 Å². The second-order valence-electron chi connectivity index (χ2n) is 13.4. The van der Waals surface area contributed by atoms with Gasteiger partial charge in [0.2, 0.25) is 0 Å². The lowest BCUT2D eigenvalue weighted by atomic mass is 9.82. The maximum atomic E-state index is 4.85. The Morgan fingerprint density at radius 2 is 0.922 bits per heavy atom. The number of pyridine rings is 1. The quantitative estimate of drug-likeness (QED) is 0.186. The number of para-hydroxylation sites is 1. The van der Waals surface area contributed by atoms with Crippen molar-refractivity contribution in [1.29, 1.82) is 0 Å². The number of hydrogen-bond donors (Lipinski definition) is 0. The van der Waals surface area contributed by atoms with Crippen molar-refractivity contribution in [3.63, 3.8) is 0 Å². The van der Waals surface area contributed by atoms with Gasteiger partial charge in [0.25, 0.3) is 0 Å². The van der Waals surface area contributed by atoms with E-state index in [9.17, 15) is 0 Å². The number of aromatic nitrogens is 2. The summed E-state index contributed by atoms with van der Waals surface area (Å²) in [5, 5.41) is 7.51. The number of nitrogens with zero attached hydrogens (tertiary/aromatic N) is 2. The summed E-state index contributed by atoms with van der Waals surface area (Å²) in [4.78, 5) is 4.85. The Morgan fingerprint density at radius 1 is 0.353 bits per heavy atom. The summed E-state index contributed by atoms with van der Waals surface area (Å²) >= 11 is 0. The Labute approximate surface area is 295 Å². The molecule has 2 nitrogen and oxygen atoms in total. The molecule has 236 valence electrons. The van der Waals surface area contributed by atoms with Crippen molar-refractivity contribution in [3.05, 3.63) is 182 Å². The SMILES string of the molecule is c1ccc(-c2c3c(c(-c4ccccc4)c4ccccc24)-c2ccc(-c4ccc5c(c4)c4cccnc4n5-c4ccccc4)c4cccc-3c24)cc1. The molecule has 0 amide bonds. The first-order valence-corrected chi connectivity index (χ1v) is 17.6. The van der Waals surface area contributed by atoms with E-state index in [2.05, 4.69) is 174 Å². The van der Waals surface area contributed by atoms with E-state index >= 15 is 0 Å². The zero-order valence-corrected chi connectivity index (χ0v) is 27.7. The van der Waals surface area contributed by atoms with E-state index in [0.29, 0.717) is 0 Å². The molecule has 2 heterocycles. The Balaban J connectivity index is 1.21. The molecule has 11 rings (SSSR count). The highest BCUT2D eigenvalue weighted by Gasteiger charge is 2.31. The highest BCUT2D eigenvalue weighted by atomic mass is 15.0. The average molecular weight is 647 g/mol. The molecule has 1 aliphatic carbocycles. The second kappa shape index (κ2) is 10.9. The predicted octanol–water partition coefficient (Wildman–Crippen LogP) is 13.1. The molecule has 2 heteroatoms. The summed E-state index contributed by atoms with van der Waals surface area (Å²) in [7, 11) is 0. The molecule has 2 aromatic heterocycles. The fourth-order valence-electron chi connectivity index (χ4n) is 8.71. The molecule has 0 radical (unpaired) electrons. The van der Waals surface area contributed by atoms with Gasteiger partial charge in [0.05, 0.1) is 5.52 Å². The molecule has 10 aromatic rings. The molecule has 51 heavy (non-hydrogen) atoms. The Bertz CT molecular complexity index is 2900. The minimum Gasteiger partial charge on any atom is -0.294 e. The van der Waals surface area contributed by atoms with Crippen LogP contribution in [0.1, 0.15) is 0 Å². The van der Waals surface area contributed by atoms with E-state index in [4.69, 9.17) is 4.98 Å². The fraction of sp³-hybridized carbons (Fsp3) is 0.